The van der Waals surface area contributed by atoms with Crippen molar-refractivity contribution in [3.63, 3.8) is 0 Å². The Morgan fingerprint density at radius 2 is 1.87 bits per heavy atom. The van der Waals surface area contributed by atoms with Gasteiger partial charge in [-0.25, -0.2) is 4.98 Å². The van der Waals surface area contributed by atoms with Crippen molar-refractivity contribution >= 4 is 28.8 Å². The summed E-state index contributed by atoms with van der Waals surface area (Å²) in [7, 11) is 0. The van der Waals surface area contributed by atoms with E-state index in [2.05, 4.69) is 46.5 Å². The van der Waals surface area contributed by atoms with Crippen LogP contribution in [-0.4, -0.2) is 29.2 Å². The molecule has 2 unspecified atom stereocenters. The molecule has 1 aliphatic carbocycles. The Bertz CT molecular complexity index is 514. The third-order valence-electron chi connectivity index (χ3n) is 4.89. The molecule has 1 aromatic heterocycles. The Hall–Kier alpha value is -1.36. The summed E-state index contributed by atoms with van der Waals surface area (Å²) in [5, 5.41) is 7.37. The third kappa shape index (κ3) is 4.56. The van der Waals surface area contributed by atoms with E-state index >= 15 is 0 Å². The lowest BCUT2D eigenvalue weighted by Gasteiger charge is -2.35. The highest BCUT2D eigenvalue weighted by Gasteiger charge is 2.22. The number of anilines is 2. The van der Waals surface area contributed by atoms with Gasteiger partial charge in [0.1, 0.15) is 5.82 Å². The first-order valence-corrected chi connectivity index (χ1v) is 9.29. The van der Waals surface area contributed by atoms with Crippen molar-refractivity contribution in [2.24, 2.45) is 11.8 Å². The summed E-state index contributed by atoms with van der Waals surface area (Å²) < 4.78 is 0. The number of hydrogen-bond donors (Lipinski definition) is 2. The highest BCUT2D eigenvalue weighted by Crippen LogP contribution is 2.25. The predicted octanol–water partition coefficient (Wildman–Crippen LogP) is 3.79. The molecule has 0 bridgehead atoms. The predicted molar refractivity (Wildman–Crippen MR) is 101 cm³/mol. The number of nitrogens with one attached hydrogen (secondary N) is 2. The van der Waals surface area contributed by atoms with E-state index in [1.165, 1.54) is 32.1 Å². The molecule has 126 valence electrons. The van der Waals surface area contributed by atoms with E-state index < -0.39 is 0 Å². The van der Waals surface area contributed by atoms with Gasteiger partial charge in [-0.2, -0.15) is 0 Å². The van der Waals surface area contributed by atoms with Gasteiger partial charge < -0.3 is 15.5 Å². The number of piperidine rings is 1. The minimum Gasteiger partial charge on any atom is -0.360 e. The molecule has 4 nitrogen and oxygen atoms in total. The van der Waals surface area contributed by atoms with Gasteiger partial charge in [0.15, 0.2) is 5.11 Å². The molecule has 3 rings (SSSR count). The van der Waals surface area contributed by atoms with Crippen LogP contribution in [0.3, 0.4) is 0 Å². The van der Waals surface area contributed by atoms with Gasteiger partial charge in [-0.15, -0.1) is 0 Å². The molecule has 0 spiro atoms. The lowest BCUT2D eigenvalue weighted by atomic mass is 9.92. The molecule has 2 atom stereocenters. The van der Waals surface area contributed by atoms with Crippen LogP contribution in [0.15, 0.2) is 18.3 Å². The molecule has 0 aromatic carbocycles. The minimum absolute atomic E-state index is 0.540. The van der Waals surface area contributed by atoms with Crippen LogP contribution in [0, 0.1) is 11.8 Å². The van der Waals surface area contributed by atoms with Crippen LogP contribution in [-0.2, 0) is 0 Å². The Morgan fingerprint density at radius 3 is 2.48 bits per heavy atom. The Labute approximate surface area is 145 Å². The summed E-state index contributed by atoms with van der Waals surface area (Å²) in [6.45, 7) is 6.86. The molecule has 2 fully saturated rings. The van der Waals surface area contributed by atoms with E-state index in [0.717, 1.165) is 36.4 Å². The molecule has 1 saturated heterocycles. The van der Waals surface area contributed by atoms with Crippen LogP contribution in [0.25, 0.3) is 0 Å². The first-order chi connectivity index (χ1) is 11.1. The van der Waals surface area contributed by atoms with E-state index in [9.17, 15) is 0 Å². The molecular formula is C18H28N4S. The maximum absolute atomic E-state index is 5.40. The van der Waals surface area contributed by atoms with Crippen molar-refractivity contribution in [1.82, 2.24) is 10.3 Å². The van der Waals surface area contributed by atoms with Crippen molar-refractivity contribution in [2.45, 2.75) is 52.0 Å². The van der Waals surface area contributed by atoms with E-state index in [0.29, 0.717) is 11.2 Å². The number of hydrogen-bond acceptors (Lipinski definition) is 3. The Morgan fingerprint density at radius 1 is 1.17 bits per heavy atom. The van der Waals surface area contributed by atoms with Crippen LogP contribution in [0.4, 0.5) is 11.5 Å². The topological polar surface area (TPSA) is 40.2 Å². The smallest absolute Gasteiger partial charge is 0.171 e. The van der Waals surface area contributed by atoms with Crippen molar-refractivity contribution in [3.05, 3.63) is 18.3 Å². The number of aromatic nitrogens is 1. The van der Waals surface area contributed by atoms with E-state index in [1.807, 2.05) is 6.20 Å². The van der Waals surface area contributed by atoms with Gasteiger partial charge in [0.05, 0.1) is 11.9 Å². The molecule has 1 saturated carbocycles. The second-order valence-corrected chi connectivity index (χ2v) is 7.74. The molecule has 5 heteroatoms. The number of thiocarbonyl (C=S) groups is 1. The monoisotopic (exact) mass is 332 g/mol. The van der Waals surface area contributed by atoms with Crippen LogP contribution in [0.1, 0.15) is 46.0 Å². The van der Waals surface area contributed by atoms with Crippen molar-refractivity contribution in [1.29, 1.82) is 0 Å². The van der Waals surface area contributed by atoms with Gasteiger partial charge in [-0.1, -0.05) is 26.7 Å². The number of nitrogens with zero attached hydrogens (tertiary/aromatic N) is 2. The normalized spacial score (nSPS) is 25.4. The summed E-state index contributed by atoms with van der Waals surface area (Å²) in [4.78, 5) is 7.03. The molecule has 23 heavy (non-hydrogen) atoms. The van der Waals surface area contributed by atoms with Crippen LogP contribution in [0.5, 0.6) is 0 Å². The highest BCUT2D eigenvalue weighted by molar-refractivity contribution is 7.80. The summed E-state index contributed by atoms with van der Waals surface area (Å²) in [5.41, 5.74) is 0.961. The molecule has 0 radical (unpaired) electrons. The van der Waals surface area contributed by atoms with Gasteiger partial charge in [-0.3, -0.25) is 0 Å². The van der Waals surface area contributed by atoms with E-state index in [4.69, 9.17) is 12.2 Å². The van der Waals surface area contributed by atoms with Crippen LogP contribution >= 0.6 is 12.2 Å². The molecule has 2 aliphatic rings. The molecule has 0 amide bonds. The second kappa shape index (κ2) is 7.47. The lowest BCUT2D eigenvalue weighted by molar-refractivity contribution is 0.355. The molecule has 2 heterocycles. The van der Waals surface area contributed by atoms with Gasteiger partial charge in [0, 0.05) is 19.1 Å². The SMILES string of the molecule is CC1CC(C)CN(c2ccc(NC(=S)NC3CCCC3)cn2)C1. The van der Waals surface area contributed by atoms with Crippen LogP contribution < -0.4 is 15.5 Å². The van der Waals surface area contributed by atoms with Crippen molar-refractivity contribution < 1.29 is 0 Å². The van der Waals surface area contributed by atoms with Crippen molar-refractivity contribution in [2.75, 3.05) is 23.3 Å². The first-order valence-electron chi connectivity index (χ1n) is 8.88. The standard InChI is InChI=1S/C18H28N4S/c1-13-9-14(2)12-22(11-13)17-8-7-16(10-19-17)21-18(23)20-15-5-3-4-6-15/h7-8,10,13-15H,3-6,9,11-12H2,1-2H3,(H2,20,21,23). The zero-order valence-corrected chi connectivity index (χ0v) is 15.0. The van der Waals surface area contributed by atoms with Gasteiger partial charge >= 0.3 is 0 Å². The highest BCUT2D eigenvalue weighted by atomic mass is 32.1. The van der Waals surface area contributed by atoms with E-state index in [1.54, 1.807) is 0 Å². The molecule has 1 aromatic rings. The maximum atomic E-state index is 5.40. The number of rotatable bonds is 3. The van der Waals surface area contributed by atoms with Gasteiger partial charge in [0.25, 0.3) is 0 Å². The molecule has 1 aliphatic heterocycles. The maximum Gasteiger partial charge on any atom is 0.171 e. The fourth-order valence-corrected chi connectivity index (χ4v) is 4.20. The first kappa shape index (κ1) is 16.5. The third-order valence-corrected chi connectivity index (χ3v) is 5.11. The average Bonchev–Trinajstić information content (AvgIpc) is 2.99. The Kier molecular flexibility index (Phi) is 5.36. The van der Waals surface area contributed by atoms with Crippen LogP contribution in [0.2, 0.25) is 0 Å². The van der Waals surface area contributed by atoms with Crippen molar-refractivity contribution in [3.8, 4) is 0 Å². The summed E-state index contributed by atoms with van der Waals surface area (Å²) in [6, 6.07) is 4.72. The fraction of sp³-hybridized carbons (Fsp3) is 0.667. The molecule has 2 N–H and O–H groups in total. The second-order valence-electron chi connectivity index (χ2n) is 7.34. The summed E-state index contributed by atoms with van der Waals surface area (Å²) in [6.07, 6.45) is 8.28. The zero-order chi connectivity index (χ0) is 16.2. The average molecular weight is 333 g/mol. The quantitative estimate of drug-likeness (QED) is 0.824. The zero-order valence-electron chi connectivity index (χ0n) is 14.2. The summed E-state index contributed by atoms with van der Waals surface area (Å²) >= 11 is 5.40. The fourth-order valence-electron chi connectivity index (χ4n) is 3.92. The largest absolute Gasteiger partial charge is 0.360 e. The summed E-state index contributed by atoms with van der Waals surface area (Å²) in [5.74, 6) is 2.55. The Balaban J connectivity index is 1.55. The molecular weight excluding hydrogens is 304 g/mol. The lowest BCUT2D eigenvalue weighted by Crippen LogP contribution is -2.39. The van der Waals surface area contributed by atoms with Gasteiger partial charge in [-0.05, 0) is 55.4 Å². The van der Waals surface area contributed by atoms with Gasteiger partial charge in [0.2, 0.25) is 0 Å². The van der Waals surface area contributed by atoms with E-state index in [-0.39, 0.29) is 0 Å². The number of pyridine rings is 1. The minimum atomic E-state index is 0.540.